The minimum atomic E-state index is -0.357. The first kappa shape index (κ1) is 14.5. The monoisotopic (exact) mass is 334 g/mol. The summed E-state index contributed by atoms with van der Waals surface area (Å²) in [5, 5.41) is 3.18. The maximum absolute atomic E-state index is 11.5. The number of pyridine rings is 1. The Bertz CT molecular complexity index is 612. The Balaban J connectivity index is 2.10. The predicted molar refractivity (Wildman–Crippen MR) is 82.4 cm³/mol. The van der Waals surface area contributed by atoms with E-state index < -0.39 is 0 Å². The molecule has 0 spiro atoms. The van der Waals surface area contributed by atoms with E-state index in [1.807, 2.05) is 25.1 Å². The molecule has 0 aliphatic carbocycles. The van der Waals surface area contributed by atoms with Gasteiger partial charge >= 0.3 is 5.97 Å². The van der Waals surface area contributed by atoms with Crippen LogP contribution in [0.4, 0.5) is 11.5 Å². The Hall–Kier alpha value is -1.88. The first-order valence-corrected chi connectivity index (χ1v) is 7.06. The van der Waals surface area contributed by atoms with Gasteiger partial charge in [-0.1, -0.05) is 22.0 Å². The van der Waals surface area contributed by atoms with Crippen LogP contribution in [0.15, 0.2) is 41.0 Å². The third-order valence-electron chi connectivity index (χ3n) is 2.72. The average molecular weight is 335 g/mol. The zero-order valence-corrected chi connectivity index (χ0v) is 12.9. The second-order valence-electron chi connectivity index (χ2n) is 4.24. The van der Waals surface area contributed by atoms with Gasteiger partial charge in [-0.3, -0.25) is 0 Å². The van der Waals surface area contributed by atoms with Gasteiger partial charge < -0.3 is 10.1 Å². The van der Waals surface area contributed by atoms with Crippen molar-refractivity contribution in [1.82, 2.24) is 4.98 Å². The number of hydrogen-bond acceptors (Lipinski definition) is 4. The highest BCUT2D eigenvalue weighted by Gasteiger charge is 2.06. The molecule has 0 atom stereocenters. The number of carbonyl (C=O) groups excluding carboxylic acids is 1. The summed E-state index contributed by atoms with van der Waals surface area (Å²) in [7, 11) is 0. The van der Waals surface area contributed by atoms with E-state index in [0.717, 1.165) is 10.2 Å². The molecule has 4 nitrogen and oxygen atoms in total. The highest BCUT2D eigenvalue weighted by molar-refractivity contribution is 9.10. The molecular weight excluding hydrogens is 320 g/mol. The molecule has 20 heavy (non-hydrogen) atoms. The summed E-state index contributed by atoms with van der Waals surface area (Å²) in [4.78, 5) is 15.7. The number of rotatable bonds is 4. The van der Waals surface area contributed by atoms with Gasteiger partial charge in [0.05, 0.1) is 12.2 Å². The molecule has 1 N–H and O–H groups in total. The van der Waals surface area contributed by atoms with Gasteiger partial charge in [0.1, 0.15) is 5.82 Å². The van der Waals surface area contributed by atoms with E-state index in [1.165, 1.54) is 11.8 Å². The van der Waals surface area contributed by atoms with E-state index in [9.17, 15) is 4.79 Å². The molecule has 104 valence electrons. The molecule has 1 aromatic heterocycles. The number of nitrogens with one attached hydrogen (secondary N) is 1. The van der Waals surface area contributed by atoms with Crippen LogP contribution in [0.25, 0.3) is 0 Å². The first-order chi connectivity index (χ1) is 9.60. The molecule has 0 aliphatic heterocycles. The van der Waals surface area contributed by atoms with Crippen LogP contribution >= 0.6 is 15.9 Å². The van der Waals surface area contributed by atoms with E-state index in [4.69, 9.17) is 4.74 Å². The number of aryl methyl sites for hydroxylation is 1. The Labute approximate surface area is 126 Å². The molecule has 0 aliphatic rings. The number of carbonyl (C=O) groups is 1. The Morgan fingerprint density at radius 1 is 1.35 bits per heavy atom. The fourth-order valence-electron chi connectivity index (χ4n) is 1.62. The molecule has 2 rings (SSSR count). The van der Waals surface area contributed by atoms with Gasteiger partial charge in [0.25, 0.3) is 0 Å². The number of ether oxygens (including phenoxy) is 1. The maximum atomic E-state index is 11.5. The van der Waals surface area contributed by atoms with Gasteiger partial charge in [0, 0.05) is 16.4 Å². The standard InChI is InChI=1S/C15H15BrN2O2/c1-3-20-15(19)11-5-7-14(17-9-11)18-12-6-4-10(2)13(16)8-12/h4-9H,3H2,1-2H3,(H,17,18). The van der Waals surface area contributed by atoms with Crippen LogP contribution in [0.3, 0.4) is 0 Å². The van der Waals surface area contributed by atoms with Crippen LogP contribution in [0, 0.1) is 6.92 Å². The second kappa shape index (κ2) is 6.52. The summed E-state index contributed by atoms with van der Waals surface area (Å²) in [6.45, 7) is 4.16. The zero-order valence-electron chi connectivity index (χ0n) is 11.3. The summed E-state index contributed by atoms with van der Waals surface area (Å²) in [6, 6.07) is 9.41. The highest BCUT2D eigenvalue weighted by Crippen LogP contribution is 2.22. The minimum Gasteiger partial charge on any atom is -0.462 e. The lowest BCUT2D eigenvalue weighted by Crippen LogP contribution is -2.05. The van der Waals surface area contributed by atoms with Gasteiger partial charge in [-0.15, -0.1) is 0 Å². The molecule has 0 amide bonds. The van der Waals surface area contributed by atoms with Gasteiger partial charge in [-0.2, -0.15) is 0 Å². The zero-order chi connectivity index (χ0) is 14.5. The Kier molecular flexibility index (Phi) is 4.74. The van der Waals surface area contributed by atoms with Crippen molar-refractivity contribution in [2.45, 2.75) is 13.8 Å². The van der Waals surface area contributed by atoms with Crippen LogP contribution < -0.4 is 5.32 Å². The number of nitrogens with zero attached hydrogens (tertiary/aromatic N) is 1. The van der Waals surface area contributed by atoms with Crippen molar-refractivity contribution in [3.8, 4) is 0 Å². The van der Waals surface area contributed by atoms with E-state index in [0.29, 0.717) is 18.0 Å². The number of hydrogen-bond donors (Lipinski definition) is 1. The molecule has 2 aromatic rings. The van der Waals surface area contributed by atoms with Gasteiger partial charge in [0.15, 0.2) is 0 Å². The van der Waals surface area contributed by atoms with Crippen LogP contribution in [0.1, 0.15) is 22.8 Å². The molecule has 0 saturated heterocycles. The largest absolute Gasteiger partial charge is 0.462 e. The summed E-state index contributed by atoms with van der Waals surface area (Å²) in [5.41, 5.74) is 2.54. The SMILES string of the molecule is CCOC(=O)c1ccc(Nc2ccc(C)c(Br)c2)nc1. The van der Waals surface area contributed by atoms with E-state index >= 15 is 0 Å². The van der Waals surface area contributed by atoms with Crippen molar-refractivity contribution in [3.63, 3.8) is 0 Å². The molecule has 1 aromatic carbocycles. The number of aromatic nitrogens is 1. The molecule has 0 unspecified atom stereocenters. The third kappa shape index (κ3) is 3.57. The maximum Gasteiger partial charge on any atom is 0.339 e. The Morgan fingerprint density at radius 2 is 2.15 bits per heavy atom. The number of benzene rings is 1. The van der Waals surface area contributed by atoms with Crippen molar-refractivity contribution in [3.05, 3.63) is 52.1 Å². The molecular formula is C15H15BrN2O2. The van der Waals surface area contributed by atoms with E-state index in [-0.39, 0.29) is 5.97 Å². The third-order valence-corrected chi connectivity index (χ3v) is 3.57. The van der Waals surface area contributed by atoms with Gasteiger partial charge in [-0.25, -0.2) is 9.78 Å². The van der Waals surface area contributed by atoms with E-state index in [1.54, 1.807) is 19.1 Å². The first-order valence-electron chi connectivity index (χ1n) is 6.26. The molecule has 0 saturated carbocycles. The smallest absolute Gasteiger partial charge is 0.339 e. The minimum absolute atomic E-state index is 0.357. The number of esters is 1. The van der Waals surface area contributed by atoms with Crippen LogP contribution in [0.2, 0.25) is 0 Å². The molecule has 0 bridgehead atoms. The summed E-state index contributed by atoms with van der Waals surface area (Å²) < 4.78 is 5.94. The lowest BCUT2D eigenvalue weighted by Gasteiger charge is -2.08. The Morgan fingerprint density at radius 3 is 2.75 bits per heavy atom. The molecule has 1 heterocycles. The number of anilines is 2. The van der Waals surface area contributed by atoms with Crippen molar-refractivity contribution < 1.29 is 9.53 Å². The highest BCUT2D eigenvalue weighted by atomic mass is 79.9. The summed E-state index contributed by atoms with van der Waals surface area (Å²) in [5.74, 6) is 0.318. The van der Waals surface area contributed by atoms with Gasteiger partial charge in [-0.05, 0) is 43.7 Å². The molecule has 0 fully saturated rings. The van der Waals surface area contributed by atoms with Crippen LogP contribution in [-0.4, -0.2) is 17.6 Å². The lowest BCUT2D eigenvalue weighted by atomic mass is 10.2. The van der Waals surface area contributed by atoms with Crippen LogP contribution in [0.5, 0.6) is 0 Å². The summed E-state index contributed by atoms with van der Waals surface area (Å²) in [6.07, 6.45) is 1.50. The lowest BCUT2D eigenvalue weighted by molar-refractivity contribution is 0.0526. The van der Waals surface area contributed by atoms with Crippen molar-refractivity contribution in [2.24, 2.45) is 0 Å². The van der Waals surface area contributed by atoms with Crippen molar-refractivity contribution >= 4 is 33.4 Å². The topological polar surface area (TPSA) is 51.2 Å². The molecule has 0 radical (unpaired) electrons. The summed E-state index contributed by atoms with van der Waals surface area (Å²) >= 11 is 3.49. The second-order valence-corrected chi connectivity index (χ2v) is 5.10. The predicted octanol–water partition coefficient (Wildman–Crippen LogP) is 4.07. The van der Waals surface area contributed by atoms with Crippen molar-refractivity contribution in [1.29, 1.82) is 0 Å². The van der Waals surface area contributed by atoms with E-state index in [2.05, 4.69) is 26.2 Å². The fraction of sp³-hybridized carbons (Fsp3) is 0.200. The molecule has 5 heteroatoms. The fourth-order valence-corrected chi connectivity index (χ4v) is 2.00. The van der Waals surface area contributed by atoms with Crippen LogP contribution in [-0.2, 0) is 4.74 Å². The van der Waals surface area contributed by atoms with Gasteiger partial charge in [0.2, 0.25) is 0 Å². The number of halogens is 1. The normalized spacial score (nSPS) is 10.2. The average Bonchev–Trinajstić information content (AvgIpc) is 2.44. The van der Waals surface area contributed by atoms with Crippen molar-refractivity contribution in [2.75, 3.05) is 11.9 Å². The quantitative estimate of drug-likeness (QED) is 0.856.